The van der Waals surface area contributed by atoms with Crippen LogP contribution >= 0.6 is 0 Å². The van der Waals surface area contributed by atoms with Gasteiger partial charge in [-0.05, 0) is 12.8 Å². The molecule has 0 saturated heterocycles. The first kappa shape index (κ1) is 10.6. The molecular weight excluding hydrogens is 216 g/mol. The SMILES string of the molecule is COc1cc2c(cc1OC)N(C1CC1)CCN2. The maximum Gasteiger partial charge on any atom is 0.162 e. The van der Waals surface area contributed by atoms with Gasteiger partial charge in [-0.3, -0.25) is 0 Å². The summed E-state index contributed by atoms with van der Waals surface area (Å²) in [7, 11) is 3.35. The van der Waals surface area contributed by atoms with Crippen molar-refractivity contribution in [3.05, 3.63) is 12.1 Å². The van der Waals surface area contributed by atoms with Gasteiger partial charge in [0.15, 0.2) is 11.5 Å². The molecule has 4 nitrogen and oxygen atoms in total. The van der Waals surface area contributed by atoms with Gasteiger partial charge >= 0.3 is 0 Å². The van der Waals surface area contributed by atoms with Crippen molar-refractivity contribution in [3.8, 4) is 11.5 Å². The average molecular weight is 234 g/mol. The number of hydrogen-bond donors (Lipinski definition) is 1. The normalized spacial score (nSPS) is 18.4. The number of anilines is 2. The number of fused-ring (bicyclic) bond motifs is 1. The fourth-order valence-corrected chi connectivity index (χ4v) is 2.44. The molecule has 1 N–H and O–H groups in total. The first-order valence-corrected chi connectivity index (χ1v) is 6.10. The summed E-state index contributed by atoms with van der Waals surface area (Å²) < 4.78 is 10.7. The number of methoxy groups -OCH3 is 2. The van der Waals surface area contributed by atoms with Crippen LogP contribution in [0.3, 0.4) is 0 Å². The van der Waals surface area contributed by atoms with Crippen LogP contribution in [0.4, 0.5) is 11.4 Å². The van der Waals surface area contributed by atoms with E-state index in [1.807, 2.05) is 6.07 Å². The molecule has 0 atom stereocenters. The van der Waals surface area contributed by atoms with Gasteiger partial charge in [0.05, 0.1) is 25.6 Å². The Morgan fingerprint density at radius 3 is 2.53 bits per heavy atom. The first-order valence-electron chi connectivity index (χ1n) is 6.10. The molecule has 0 bridgehead atoms. The highest BCUT2D eigenvalue weighted by atomic mass is 16.5. The quantitative estimate of drug-likeness (QED) is 0.868. The summed E-state index contributed by atoms with van der Waals surface area (Å²) in [4.78, 5) is 2.48. The van der Waals surface area contributed by atoms with Crippen molar-refractivity contribution in [2.24, 2.45) is 0 Å². The Morgan fingerprint density at radius 2 is 1.88 bits per heavy atom. The second-order valence-corrected chi connectivity index (χ2v) is 4.58. The minimum absolute atomic E-state index is 0.731. The van der Waals surface area contributed by atoms with Crippen molar-refractivity contribution in [1.29, 1.82) is 0 Å². The number of nitrogens with one attached hydrogen (secondary N) is 1. The van der Waals surface area contributed by atoms with Gasteiger partial charge in [0, 0.05) is 31.3 Å². The highest BCUT2D eigenvalue weighted by Gasteiger charge is 2.32. The van der Waals surface area contributed by atoms with Crippen LogP contribution in [0.25, 0.3) is 0 Å². The van der Waals surface area contributed by atoms with Gasteiger partial charge in [0.25, 0.3) is 0 Å². The molecule has 1 aromatic rings. The minimum Gasteiger partial charge on any atom is -0.493 e. The fourth-order valence-electron chi connectivity index (χ4n) is 2.44. The van der Waals surface area contributed by atoms with E-state index in [0.29, 0.717) is 0 Å². The zero-order chi connectivity index (χ0) is 11.8. The van der Waals surface area contributed by atoms with Crippen LogP contribution in [0.15, 0.2) is 12.1 Å². The van der Waals surface area contributed by atoms with Crippen LogP contribution in [0.1, 0.15) is 12.8 Å². The fraction of sp³-hybridized carbons (Fsp3) is 0.538. The van der Waals surface area contributed by atoms with Crippen LogP contribution < -0.4 is 19.7 Å². The maximum absolute atomic E-state index is 5.37. The van der Waals surface area contributed by atoms with Crippen molar-refractivity contribution >= 4 is 11.4 Å². The Hall–Kier alpha value is -1.58. The summed E-state index contributed by atoms with van der Waals surface area (Å²) in [6, 6.07) is 4.84. The number of ether oxygens (including phenoxy) is 2. The minimum atomic E-state index is 0.731. The van der Waals surface area contributed by atoms with E-state index >= 15 is 0 Å². The lowest BCUT2D eigenvalue weighted by Crippen LogP contribution is -2.35. The second kappa shape index (κ2) is 4.02. The van der Waals surface area contributed by atoms with E-state index in [4.69, 9.17) is 9.47 Å². The molecule has 1 aromatic carbocycles. The highest BCUT2D eigenvalue weighted by molar-refractivity contribution is 5.77. The second-order valence-electron chi connectivity index (χ2n) is 4.58. The van der Waals surface area contributed by atoms with Gasteiger partial charge in [0.1, 0.15) is 0 Å². The van der Waals surface area contributed by atoms with Crippen molar-refractivity contribution in [1.82, 2.24) is 0 Å². The molecule has 3 rings (SSSR count). The predicted molar refractivity (Wildman–Crippen MR) is 68.4 cm³/mol. The summed E-state index contributed by atoms with van der Waals surface area (Å²) in [5.74, 6) is 1.59. The Balaban J connectivity index is 2.03. The van der Waals surface area contributed by atoms with E-state index in [2.05, 4.69) is 16.3 Å². The topological polar surface area (TPSA) is 33.7 Å². The predicted octanol–water partition coefficient (Wildman–Crippen LogP) is 2.10. The summed E-state index contributed by atoms with van der Waals surface area (Å²) in [5.41, 5.74) is 2.40. The molecule has 1 saturated carbocycles. The van der Waals surface area contributed by atoms with Crippen molar-refractivity contribution in [2.45, 2.75) is 18.9 Å². The Bertz CT molecular complexity index is 430. The van der Waals surface area contributed by atoms with Crippen molar-refractivity contribution < 1.29 is 9.47 Å². The molecule has 0 aromatic heterocycles. The molecule has 92 valence electrons. The third kappa shape index (κ3) is 1.77. The third-order valence-electron chi connectivity index (χ3n) is 3.47. The lowest BCUT2D eigenvalue weighted by Gasteiger charge is -2.32. The van der Waals surface area contributed by atoms with Crippen LogP contribution in [-0.4, -0.2) is 33.4 Å². The van der Waals surface area contributed by atoms with Gasteiger partial charge in [-0.1, -0.05) is 0 Å². The summed E-state index contributed by atoms with van der Waals surface area (Å²) in [5, 5.41) is 3.42. The highest BCUT2D eigenvalue weighted by Crippen LogP contribution is 2.43. The summed E-state index contributed by atoms with van der Waals surface area (Å²) in [6.07, 6.45) is 2.63. The molecule has 1 fully saturated rings. The Labute approximate surface area is 102 Å². The molecule has 2 aliphatic rings. The zero-order valence-corrected chi connectivity index (χ0v) is 10.3. The Morgan fingerprint density at radius 1 is 1.18 bits per heavy atom. The third-order valence-corrected chi connectivity index (χ3v) is 3.47. The van der Waals surface area contributed by atoms with Crippen molar-refractivity contribution in [3.63, 3.8) is 0 Å². The standard InChI is InChI=1S/C13H18N2O2/c1-16-12-7-10-11(8-13(12)17-2)15(6-5-14-10)9-3-4-9/h7-9,14H,3-6H2,1-2H3. The van der Waals surface area contributed by atoms with Gasteiger partial charge in [0.2, 0.25) is 0 Å². The molecule has 0 radical (unpaired) electrons. The van der Waals surface area contributed by atoms with Crippen LogP contribution in [0.2, 0.25) is 0 Å². The maximum atomic E-state index is 5.37. The molecule has 4 heteroatoms. The average Bonchev–Trinajstić information content (AvgIpc) is 3.20. The molecule has 1 aliphatic heterocycles. The lowest BCUT2D eigenvalue weighted by molar-refractivity contribution is 0.355. The Kier molecular flexibility index (Phi) is 2.50. The van der Waals surface area contributed by atoms with Gasteiger partial charge in [-0.25, -0.2) is 0 Å². The molecule has 0 spiro atoms. The van der Waals surface area contributed by atoms with E-state index in [9.17, 15) is 0 Å². The molecule has 17 heavy (non-hydrogen) atoms. The largest absolute Gasteiger partial charge is 0.493 e. The molecule has 0 amide bonds. The zero-order valence-electron chi connectivity index (χ0n) is 10.3. The van der Waals surface area contributed by atoms with E-state index in [0.717, 1.165) is 36.3 Å². The van der Waals surface area contributed by atoms with Gasteiger partial charge in [-0.15, -0.1) is 0 Å². The van der Waals surface area contributed by atoms with Crippen LogP contribution in [0.5, 0.6) is 11.5 Å². The molecule has 0 unspecified atom stereocenters. The van der Waals surface area contributed by atoms with Crippen molar-refractivity contribution in [2.75, 3.05) is 37.5 Å². The number of nitrogens with zero attached hydrogens (tertiary/aromatic N) is 1. The van der Waals surface area contributed by atoms with E-state index in [-0.39, 0.29) is 0 Å². The lowest BCUT2D eigenvalue weighted by atomic mass is 10.1. The number of benzene rings is 1. The summed E-state index contributed by atoms with van der Waals surface area (Å²) in [6.45, 7) is 2.08. The van der Waals surface area contributed by atoms with E-state index in [1.165, 1.54) is 18.5 Å². The van der Waals surface area contributed by atoms with Crippen LogP contribution in [0, 0.1) is 0 Å². The van der Waals surface area contributed by atoms with Gasteiger partial charge < -0.3 is 19.7 Å². The van der Waals surface area contributed by atoms with Crippen LogP contribution in [-0.2, 0) is 0 Å². The monoisotopic (exact) mass is 234 g/mol. The summed E-state index contributed by atoms with van der Waals surface area (Å²) >= 11 is 0. The van der Waals surface area contributed by atoms with Gasteiger partial charge in [-0.2, -0.15) is 0 Å². The van der Waals surface area contributed by atoms with E-state index < -0.39 is 0 Å². The number of rotatable bonds is 3. The first-order chi connectivity index (χ1) is 8.33. The number of hydrogen-bond acceptors (Lipinski definition) is 4. The van der Waals surface area contributed by atoms with E-state index in [1.54, 1.807) is 14.2 Å². The molecule has 1 aliphatic carbocycles. The smallest absolute Gasteiger partial charge is 0.162 e. The molecular formula is C13H18N2O2. The molecule has 1 heterocycles.